The minimum Gasteiger partial charge on any atom is -0.504 e. The highest BCUT2D eigenvalue weighted by molar-refractivity contribution is 5.91. The normalized spacial score (nSPS) is 14.2. The number of carboxylic acid groups (broad SMARTS) is 1. The van der Waals surface area contributed by atoms with Gasteiger partial charge in [0.2, 0.25) is 5.75 Å². The lowest BCUT2D eigenvalue weighted by molar-refractivity contribution is 0.0666. The first-order valence-corrected chi connectivity index (χ1v) is 6.76. The van der Waals surface area contributed by atoms with Gasteiger partial charge in [0.05, 0.1) is 5.56 Å². The molecular weight excluding hydrogens is 286 g/mol. The molecule has 1 heterocycles. The van der Waals surface area contributed by atoms with Crippen LogP contribution in [0.25, 0.3) is 0 Å². The molecule has 0 amide bonds. The summed E-state index contributed by atoms with van der Waals surface area (Å²) in [5, 5.41) is 28.7. The van der Waals surface area contributed by atoms with E-state index in [0.717, 1.165) is 11.6 Å². The summed E-state index contributed by atoms with van der Waals surface area (Å²) in [6, 6.07) is 10.8. The van der Waals surface area contributed by atoms with Gasteiger partial charge in [-0.25, -0.2) is 4.79 Å². The Labute approximate surface area is 126 Å². The Morgan fingerprint density at radius 2 is 1.95 bits per heavy atom. The fraction of sp³-hybridized carbons (Fsp3) is 0.188. The SMILES string of the molecule is O=C(O)c1cc(O)c(O)c2c1CN(Cc1ccccc1)CO2. The van der Waals surface area contributed by atoms with Crippen LogP contribution in [0, 0.1) is 0 Å². The van der Waals surface area contributed by atoms with Crippen LogP contribution >= 0.6 is 0 Å². The van der Waals surface area contributed by atoms with Gasteiger partial charge < -0.3 is 20.1 Å². The first kappa shape index (κ1) is 14.2. The van der Waals surface area contributed by atoms with Crippen molar-refractivity contribution in [3.63, 3.8) is 0 Å². The zero-order chi connectivity index (χ0) is 15.7. The topological polar surface area (TPSA) is 90.2 Å². The molecule has 1 aliphatic heterocycles. The molecule has 0 saturated heterocycles. The molecular formula is C16H15NO5. The van der Waals surface area contributed by atoms with E-state index in [1.165, 1.54) is 0 Å². The summed E-state index contributed by atoms with van der Waals surface area (Å²) in [7, 11) is 0. The van der Waals surface area contributed by atoms with Crippen LogP contribution in [0.15, 0.2) is 36.4 Å². The average molecular weight is 301 g/mol. The van der Waals surface area contributed by atoms with Crippen LogP contribution in [0.3, 0.4) is 0 Å². The van der Waals surface area contributed by atoms with Crippen LogP contribution in [0.5, 0.6) is 17.2 Å². The largest absolute Gasteiger partial charge is 0.504 e. The Morgan fingerprint density at radius 1 is 1.23 bits per heavy atom. The molecule has 3 rings (SSSR count). The van der Waals surface area contributed by atoms with Gasteiger partial charge in [-0.05, 0) is 11.6 Å². The average Bonchev–Trinajstić information content (AvgIpc) is 2.51. The molecule has 0 saturated carbocycles. The Hall–Kier alpha value is -2.73. The van der Waals surface area contributed by atoms with Crippen molar-refractivity contribution in [2.75, 3.05) is 6.73 Å². The predicted octanol–water partition coefficient (Wildman–Crippen LogP) is 2.15. The highest BCUT2D eigenvalue weighted by Crippen LogP contribution is 2.43. The third-order valence-corrected chi connectivity index (χ3v) is 3.59. The van der Waals surface area contributed by atoms with Gasteiger partial charge in [-0.15, -0.1) is 0 Å². The van der Waals surface area contributed by atoms with Crippen LogP contribution < -0.4 is 4.74 Å². The second-order valence-corrected chi connectivity index (χ2v) is 5.15. The number of phenols is 2. The van der Waals surface area contributed by atoms with E-state index in [9.17, 15) is 20.1 Å². The van der Waals surface area contributed by atoms with Gasteiger partial charge in [-0.2, -0.15) is 0 Å². The second kappa shape index (κ2) is 5.57. The fourth-order valence-electron chi connectivity index (χ4n) is 2.55. The zero-order valence-electron chi connectivity index (χ0n) is 11.7. The van der Waals surface area contributed by atoms with Gasteiger partial charge >= 0.3 is 5.97 Å². The van der Waals surface area contributed by atoms with E-state index in [-0.39, 0.29) is 18.0 Å². The fourth-order valence-corrected chi connectivity index (χ4v) is 2.55. The Bertz CT molecular complexity index is 714. The molecule has 6 nitrogen and oxygen atoms in total. The lowest BCUT2D eigenvalue weighted by atomic mass is 10.0. The van der Waals surface area contributed by atoms with Crippen molar-refractivity contribution >= 4 is 5.97 Å². The van der Waals surface area contributed by atoms with Crippen molar-refractivity contribution in [1.82, 2.24) is 4.90 Å². The van der Waals surface area contributed by atoms with E-state index in [4.69, 9.17) is 4.74 Å². The molecule has 2 aromatic carbocycles. The number of hydrogen-bond donors (Lipinski definition) is 3. The highest BCUT2D eigenvalue weighted by Gasteiger charge is 2.28. The monoisotopic (exact) mass is 301 g/mol. The third-order valence-electron chi connectivity index (χ3n) is 3.59. The number of fused-ring (bicyclic) bond motifs is 1. The number of aromatic carboxylic acids is 1. The number of nitrogens with zero attached hydrogens (tertiary/aromatic N) is 1. The molecule has 0 unspecified atom stereocenters. The van der Waals surface area contributed by atoms with Gasteiger partial charge in [0.1, 0.15) is 6.73 Å². The van der Waals surface area contributed by atoms with Crippen LogP contribution in [-0.4, -0.2) is 32.9 Å². The number of carbonyl (C=O) groups is 1. The first-order chi connectivity index (χ1) is 10.6. The molecule has 0 atom stereocenters. The molecule has 0 aromatic heterocycles. The minimum atomic E-state index is -1.17. The van der Waals surface area contributed by atoms with Crippen molar-refractivity contribution in [1.29, 1.82) is 0 Å². The van der Waals surface area contributed by atoms with Crippen molar-refractivity contribution in [2.24, 2.45) is 0 Å². The number of rotatable bonds is 3. The van der Waals surface area contributed by atoms with Gasteiger partial charge in [-0.1, -0.05) is 30.3 Å². The smallest absolute Gasteiger partial charge is 0.336 e. The molecule has 2 aromatic rings. The summed E-state index contributed by atoms with van der Waals surface area (Å²) < 4.78 is 5.46. The van der Waals surface area contributed by atoms with Crippen molar-refractivity contribution in [3.8, 4) is 17.2 Å². The molecule has 3 N–H and O–H groups in total. The Morgan fingerprint density at radius 3 is 2.64 bits per heavy atom. The number of phenolic OH excluding ortho intramolecular Hbond substituents is 2. The zero-order valence-corrected chi connectivity index (χ0v) is 11.7. The molecule has 6 heteroatoms. The van der Waals surface area contributed by atoms with Gasteiger partial charge in [0.15, 0.2) is 11.5 Å². The molecule has 0 bridgehead atoms. The second-order valence-electron chi connectivity index (χ2n) is 5.15. The van der Waals surface area contributed by atoms with Crippen LogP contribution in [0.2, 0.25) is 0 Å². The molecule has 0 fully saturated rings. The van der Waals surface area contributed by atoms with E-state index >= 15 is 0 Å². The summed E-state index contributed by atoms with van der Waals surface area (Å²) in [6.45, 7) is 1.12. The Kier molecular flexibility index (Phi) is 3.60. The maximum absolute atomic E-state index is 11.3. The maximum Gasteiger partial charge on any atom is 0.336 e. The van der Waals surface area contributed by atoms with Crippen LogP contribution in [0.4, 0.5) is 0 Å². The number of hydrogen-bond acceptors (Lipinski definition) is 5. The molecule has 0 spiro atoms. The lowest BCUT2D eigenvalue weighted by Crippen LogP contribution is -2.32. The van der Waals surface area contributed by atoms with Gasteiger partial charge in [0.25, 0.3) is 0 Å². The van der Waals surface area contributed by atoms with E-state index in [0.29, 0.717) is 18.7 Å². The van der Waals surface area contributed by atoms with E-state index < -0.39 is 17.5 Å². The highest BCUT2D eigenvalue weighted by atomic mass is 16.5. The van der Waals surface area contributed by atoms with Crippen molar-refractivity contribution in [2.45, 2.75) is 13.1 Å². The summed E-state index contributed by atoms with van der Waals surface area (Å²) in [5.41, 5.74) is 1.38. The number of ether oxygens (including phenoxy) is 1. The standard InChI is InChI=1S/C16H15NO5/c18-13-6-11(16(20)21)12-8-17(9-22-15(12)14(13)19)7-10-4-2-1-3-5-10/h1-6,18-19H,7-9H2,(H,20,21). The van der Waals surface area contributed by atoms with E-state index in [1.807, 2.05) is 35.2 Å². The lowest BCUT2D eigenvalue weighted by Gasteiger charge is -2.30. The van der Waals surface area contributed by atoms with Crippen LogP contribution in [0.1, 0.15) is 21.5 Å². The molecule has 1 aliphatic rings. The maximum atomic E-state index is 11.3. The quantitative estimate of drug-likeness (QED) is 0.753. The van der Waals surface area contributed by atoms with Crippen molar-refractivity contribution in [3.05, 3.63) is 53.1 Å². The number of carboxylic acids is 1. The summed E-state index contributed by atoms with van der Waals surface area (Å²) >= 11 is 0. The van der Waals surface area contributed by atoms with Gasteiger partial charge in [0, 0.05) is 18.7 Å². The number of benzene rings is 2. The molecule has 22 heavy (non-hydrogen) atoms. The first-order valence-electron chi connectivity index (χ1n) is 6.76. The van der Waals surface area contributed by atoms with Crippen LogP contribution in [-0.2, 0) is 13.1 Å². The summed E-state index contributed by atoms with van der Waals surface area (Å²) in [4.78, 5) is 13.3. The molecule has 0 radical (unpaired) electrons. The van der Waals surface area contributed by atoms with Gasteiger partial charge in [-0.3, -0.25) is 4.90 Å². The van der Waals surface area contributed by atoms with E-state index in [2.05, 4.69) is 0 Å². The Balaban J connectivity index is 1.92. The third kappa shape index (κ3) is 2.56. The minimum absolute atomic E-state index is 0.0433. The number of aromatic hydroxyl groups is 2. The molecule has 0 aliphatic carbocycles. The summed E-state index contributed by atoms with van der Waals surface area (Å²) in [5.74, 6) is -2.04. The van der Waals surface area contributed by atoms with E-state index in [1.54, 1.807) is 0 Å². The van der Waals surface area contributed by atoms with Crippen molar-refractivity contribution < 1.29 is 24.9 Å². The molecule has 114 valence electrons. The summed E-state index contributed by atoms with van der Waals surface area (Å²) in [6.07, 6.45) is 0. The predicted molar refractivity (Wildman–Crippen MR) is 77.9 cm³/mol.